The quantitative estimate of drug-likeness (QED) is 0.0524. The van der Waals surface area contributed by atoms with Crippen molar-refractivity contribution in [1.29, 1.82) is 0 Å². The van der Waals surface area contributed by atoms with Crippen molar-refractivity contribution in [3.63, 3.8) is 0 Å². The smallest absolute Gasteiger partial charge is 0.115 e. The Morgan fingerprint density at radius 2 is 0.886 bits per heavy atom. The van der Waals surface area contributed by atoms with E-state index >= 15 is 0 Å². The lowest BCUT2D eigenvalue weighted by molar-refractivity contribution is 0.364. The van der Waals surface area contributed by atoms with Crippen LogP contribution in [0, 0.1) is 11.8 Å². The normalized spacial score (nSPS) is 14.5. The van der Waals surface area contributed by atoms with Gasteiger partial charge in [-0.3, -0.25) is 0 Å². The summed E-state index contributed by atoms with van der Waals surface area (Å²) in [6.07, 6.45) is 38.2. The molecule has 1 nitrogen and oxygen atoms in total. The molecule has 1 N–H and O–H groups in total. The molecule has 3 heteroatoms. The van der Waals surface area contributed by atoms with Crippen LogP contribution >= 0.6 is 25.3 Å². The molecule has 0 saturated heterocycles. The van der Waals surface area contributed by atoms with Gasteiger partial charge in [0.2, 0.25) is 0 Å². The molecule has 0 radical (unpaired) electrons. The zero-order valence-corrected chi connectivity index (χ0v) is 31.5. The van der Waals surface area contributed by atoms with Gasteiger partial charge in [-0.15, -0.1) is 0 Å². The van der Waals surface area contributed by atoms with Crippen molar-refractivity contribution in [2.24, 2.45) is 11.8 Å². The summed E-state index contributed by atoms with van der Waals surface area (Å²) >= 11 is 10.3. The van der Waals surface area contributed by atoms with E-state index in [2.05, 4.69) is 32.9 Å². The number of thiol groups is 2. The molecule has 44 heavy (non-hydrogen) atoms. The van der Waals surface area contributed by atoms with E-state index in [1.165, 1.54) is 179 Å². The van der Waals surface area contributed by atoms with Crippen molar-refractivity contribution in [2.45, 2.75) is 211 Å². The van der Waals surface area contributed by atoms with Crippen molar-refractivity contribution in [1.82, 2.24) is 0 Å². The van der Waals surface area contributed by atoms with Crippen LogP contribution in [0.1, 0.15) is 200 Å². The first-order valence-corrected chi connectivity index (χ1v) is 20.6. The van der Waals surface area contributed by atoms with Crippen LogP contribution in [0.3, 0.4) is 0 Å². The van der Waals surface area contributed by atoms with Gasteiger partial charge in [0.15, 0.2) is 0 Å². The Labute approximate surface area is 287 Å². The lowest BCUT2D eigenvalue weighted by Crippen LogP contribution is -2.17. The summed E-state index contributed by atoms with van der Waals surface area (Å²) in [6.45, 7) is 7.04. The van der Waals surface area contributed by atoms with E-state index in [4.69, 9.17) is 25.3 Å². The largest absolute Gasteiger partial charge is 0.508 e. The Bertz CT molecular complexity index is 720. The van der Waals surface area contributed by atoms with Crippen LogP contribution in [-0.2, 0) is 6.42 Å². The molecule has 0 saturated carbocycles. The predicted molar refractivity (Wildman–Crippen MR) is 206 cm³/mol. The topological polar surface area (TPSA) is 20.2 Å². The summed E-state index contributed by atoms with van der Waals surface area (Å²) in [4.78, 5) is 0. The van der Waals surface area contributed by atoms with E-state index in [1.807, 2.05) is 12.1 Å². The molecule has 0 aliphatic carbocycles. The van der Waals surface area contributed by atoms with Gasteiger partial charge in [0.05, 0.1) is 0 Å². The fourth-order valence-corrected chi connectivity index (χ4v) is 7.67. The maximum Gasteiger partial charge on any atom is 0.115 e. The SMILES string of the molecule is CCCCCCCCCCCCC(S)C(C)CCCC(CCCc1ccc(O)cc1)C(S)CCCCCCCCCCCC. The molecule has 1 rings (SSSR count). The molecule has 0 amide bonds. The molecular weight excluding hydrogens is 573 g/mol. The number of aryl methyl sites for hydroxylation is 1. The Morgan fingerprint density at radius 1 is 0.477 bits per heavy atom. The number of phenolic OH excluding ortho intramolecular Hbond substituents is 1. The second kappa shape index (κ2) is 30.1. The molecule has 0 aliphatic rings. The van der Waals surface area contributed by atoms with Gasteiger partial charge in [0.1, 0.15) is 5.75 Å². The molecule has 4 unspecified atom stereocenters. The fourth-order valence-electron chi connectivity index (χ4n) is 6.86. The minimum Gasteiger partial charge on any atom is -0.508 e. The summed E-state index contributed by atoms with van der Waals surface area (Å²) in [5.74, 6) is 1.78. The van der Waals surface area contributed by atoms with Crippen LogP contribution in [0.4, 0.5) is 0 Å². The molecule has 0 spiro atoms. The second-order valence-corrected chi connectivity index (χ2v) is 15.6. The van der Waals surface area contributed by atoms with Crippen molar-refractivity contribution < 1.29 is 5.11 Å². The Kier molecular flexibility index (Phi) is 28.5. The third-order valence-corrected chi connectivity index (χ3v) is 11.6. The van der Waals surface area contributed by atoms with Gasteiger partial charge in [0.25, 0.3) is 0 Å². The van der Waals surface area contributed by atoms with E-state index < -0.39 is 0 Å². The monoisotopic (exact) mass is 649 g/mol. The highest BCUT2D eigenvalue weighted by Crippen LogP contribution is 2.30. The predicted octanol–water partition coefficient (Wildman–Crippen LogP) is 14.4. The Morgan fingerprint density at radius 3 is 1.36 bits per heavy atom. The maximum absolute atomic E-state index is 9.62. The third kappa shape index (κ3) is 24.0. The van der Waals surface area contributed by atoms with Gasteiger partial charge in [-0.25, -0.2) is 0 Å². The number of benzene rings is 1. The van der Waals surface area contributed by atoms with Crippen molar-refractivity contribution in [3.05, 3.63) is 29.8 Å². The highest BCUT2D eigenvalue weighted by molar-refractivity contribution is 7.81. The lowest BCUT2D eigenvalue weighted by Gasteiger charge is -2.25. The molecule has 0 aliphatic heterocycles. The summed E-state index contributed by atoms with van der Waals surface area (Å²) < 4.78 is 0. The summed E-state index contributed by atoms with van der Waals surface area (Å²) in [5, 5.41) is 10.7. The van der Waals surface area contributed by atoms with Crippen molar-refractivity contribution in [3.8, 4) is 5.75 Å². The number of phenols is 1. The van der Waals surface area contributed by atoms with Gasteiger partial charge in [-0.05, 0) is 74.5 Å². The molecule has 1 aromatic carbocycles. The average molecular weight is 649 g/mol. The molecule has 0 heterocycles. The average Bonchev–Trinajstić information content (AvgIpc) is 3.02. The van der Waals surface area contributed by atoms with Gasteiger partial charge >= 0.3 is 0 Å². The molecule has 1 aromatic rings. The summed E-state index contributed by atoms with van der Waals surface area (Å²) in [7, 11) is 0. The van der Waals surface area contributed by atoms with Crippen molar-refractivity contribution >= 4 is 25.3 Å². The minimum atomic E-state index is 0.364. The Hall–Kier alpha value is -0.280. The van der Waals surface area contributed by atoms with Crippen LogP contribution in [0.25, 0.3) is 0 Å². The molecule has 258 valence electrons. The second-order valence-electron chi connectivity index (χ2n) is 14.3. The zero-order valence-electron chi connectivity index (χ0n) is 29.8. The molecule has 0 bridgehead atoms. The van der Waals surface area contributed by atoms with E-state index in [-0.39, 0.29) is 0 Å². The summed E-state index contributed by atoms with van der Waals surface area (Å²) in [5.41, 5.74) is 1.34. The summed E-state index contributed by atoms with van der Waals surface area (Å²) in [6, 6.07) is 7.81. The highest BCUT2D eigenvalue weighted by Gasteiger charge is 2.19. The van der Waals surface area contributed by atoms with Crippen LogP contribution < -0.4 is 0 Å². The van der Waals surface area contributed by atoms with E-state index in [0.29, 0.717) is 28.1 Å². The number of hydrogen-bond acceptors (Lipinski definition) is 3. The first-order valence-electron chi connectivity index (χ1n) is 19.6. The number of rotatable bonds is 32. The first-order chi connectivity index (χ1) is 21.5. The van der Waals surface area contributed by atoms with E-state index in [1.54, 1.807) is 0 Å². The van der Waals surface area contributed by atoms with E-state index in [0.717, 1.165) is 6.42 Å². The van der Waals surface area contributed by atoms with Gasteiger partial charge in [-0.1, -0.05) is 168 Å². The van der Waals surface area contributed by atoms with Gasteiger partial charge in [0, 0.05) is 10.5 Å². The standard InChI is InChI=1S/C41H76OS2/c1-4-6-8-10-12-14-16-18-20-22-30-40(43)36(3)26-24-28-38(29-25-27-37-32-34-39(42)35-33-37)41(44)31-23-21-19-17-15-13-11-9-7-5-2/h32-36,38,40-44H,4-31H2,1-3H3. The maximum atomic E-state index is 9.62. The third-order valence-electron chi connectivity index (χ3n) is 10.1. The van der Waals surface area contributed by atoms with Gasteiger partial charge < -0.3 is 5.11 Å². The van der Waals surface area contributed by atoms with Crippen LogP contribution in [-0.4, -0.2) is 15.6 Å². The molecular formula is C41H76OS2. The van der Waals surface area contributed by atoms with Crippen LogP contribution in [0.2, 0.25) is 0 Å². The molecule has 0 aromatic heterocycles. The van der Waals surface area contributed by atoms with Crippen LogP contribution in [0.5, 0.6) is 5.75 Å². The lowest BCUT2D eigenvalue weighted by atomic mass is 9.87. The van der Waals surface area contributed by atoms with Crippen LogP contribution in [0.15, 0.2) is 24.3 Å². The first kappa shape index (κ1) is 41.7. The molecule has 4 atom stereocenters. The minimum absolute atomic E-state index is 0.364. The number of unbranched alkanes of at least 4 members (excludes halogenated alkanes) is 18. The molecule has 0 fully saturated rings. The fraction of sp³-hybridized carbons (Fsp3) is 0.854. The van der Waals surface area contributed by atoms with Gasteiger partial charge in [-0.2, -0.15) is 25.3 Å². The zero-order chi connectivity index (χ0) is 32.1. The highest BCUT2D eigenvalue weighted by atomic mass is 32.1. The van der Waals surface area contributed by atoms with E-state index in [9.17, 15) is 5.11 Å². The van der Waals surface area contributed by atoms with Crippen molar-refractivity contribution in [2.75, 3.05) is 0 Å². The Balaban J connectivity index is 2.31. The number of hydrogen-bond donors (Lipinski definition) is 3. The number of aromatic hydroxyl groups is 1.